The molecule has 1 fully saturated rings. The van der Waals surface area contributed by atoms with Gasteiger partial charge in [0.1, 0.15) is 11.9 Å². The average Bonchev–Trinajstić information content (AvgIpc) is 2.72. The first-order chi connectivity index (χ1) is 9.81. The summed E-state index contributed by atoms with van der Waals surface area (Å²) in [5.41, 5.74) is -1.74. The van der Waals surface area contributed by atoms with Crippen molar-refractivity contribution in [3.05, 3.63) is 39.4 Å². The summed E-state index contributed by atoms with van der Waals surface area (Å²) in [7, 11) is 1.56. The molecule has 0 aliphatic carbocycles. The van der Waals surface area contributed by atoms with E-state index in [1.807, 2.05) is 0 Å². The molecule has 0 spiro atoms. The fourth-order valence-corrected chi connectivity index (χ4v) is 2.04. The van der Waals surface area contributed by atoms with Crippen LogP contribution in [0.3, 0.4) is 0 Å². The fraction of sp³-hybridized carbons (Fsp3) is 0.333. The van der Waals surface area contributed by atoms with E-state index in [9.17, 15) is 28.5 Å². The zero-order valence-electron chi connectivity index (χ0n) is 10.9. The number of likely N-dealkylation sites (N-methyl/N-ethyl adjacent to an activating group) is 1. The van der Waals surface area contributed by atoms with Crippen LogP contribution in [0.1, 0.15) is 16.8 Å². The van der Waals surface area contributed by atoms with Gasteiger partial charge < -0.3 is 10.2 Å². The quantitative estimate of drug-likeness (QED) is 0.661. The van der Waals surface area contributed by atoms with Crippen molar-refractivity contribution in [2.45, 2.75) is 12.5 Å². The van der Waals surface area contributed by atoms with Gasteiger partial charge >= 0.3 is 5.69 Å². The molecule has 1 aromatic rings. The molecule has 1 unspecified atom stereocenters. The minimum absolute atomic E-state index is 0.328. The summed E-state index contributed by atoms with van der Waals surface area (Å²) in [6.07, 6.45) is 0.359. The maximum absolute atomic E-state index is 13.7. The van der Waals surface area contributed by atoms with E-state index < -0.39 is 39.8 Å². The van der Waals surface area contributed by atoms with Gasteiger partial charge in [0.2, 0.25) is 11.7 Å². The Labute approximate surface area is 117 Å². The molecule has 21 heavy (non-hydrogen) atoms. The first kappa shape index (κ1) is 14.8. The molecule has 1 saturated heterocycles. The summed E-state index contributed by atoms with van der Waals surface area (Å²) < 4.78 is 27.1. The normalized spacial score (nSPS) is 18.0. The summed E-state index contributed by atoms with van der Waals surface area (Å²) in [4.78, 5) is 34.2. The second kappa shape index (κ2) is 5.43. The number of rotatable bonds is 3. The van der Waals surface area contributed by atoms with E-state index in [0.29, 0.717) is 25.1 Å². The number of hydrogen-bond donors (Lipinski definition) is 1. The number of carbonyl (C=O) groups is 2. The minimum Gasteiger partial charge on any atom is -0.344 e. The molecule has 112 valence electrons. The molecule has 1 heterocycles. The van der Waals surface area contributed by atoms with Crippen molar-refractivity contribution >= 4 is 17.5 Å². The van der Waals surface area contributed by atoms with Crippen molar-refractivity contribution in [1.82, 2.24) is 10.2 Å². The smallest absolute Gasteiger partial charge is 0.307 e. The molecule has 0 radical (unpaired) electrons. The third-order valence-electron chi connectivity index (χ3n) is 3.21. The Morgan fingerprint density at radius 2 is 2.10 bits per heavy atom. The molecule has 0 saturated carbocycles. The first-order valence-corrected chi connectivity index (χ1v) is 6.00. The number of nitro groups is 1. The molecule has 0 aromatic heterocycles. The van der Waals surface area contributed by atoms with Gasteiger partial charge in [-0.3, -0.25) is 19.7 Å². The predicted molar refractivity (Wildman–Crippen MR) is 66.5 cm³/mol. The van der Waals surface area contributed by atoms with Crippen LogP contribution in [0, 0.1) is 21.7 Å². The van der Waals surface area contributed by atoms with Gasteiger partial charge in [-0.25, -0.2) is 4.39 Å². The molecule has 2 amide bonds. The van der Waals surface area contributed by atoms with Gasteiger partial charge in [0.25, 0.3) is 5.91 Å². The maximum atomic E-state index is 13.7. The van der Waals surface area contributed by atoms with Crippen LogP contribution in [-0.4, -0.2) is 41.3 Å². The monoisotopic (exact) mass is 299 g/mol. The van der Waals surface area contributed by atoms with Gasteiger partial charge in [0.15, 0.2) is 0 Å². The van der Waals surface area contributed by atoms with Crippen LogP contribution in [0.2, 0.25) is 0 Å². The van der Waals surface area contributed by atoms with Crippen LogP contribution in [0.5, 0.6) is 0 Å². The van der Waals surface area contributed by atoms with Gasteiger partial charge in [-0.1, -0.05) is 0 Å². The highest BCUT2D eigenvalue weighted by atomic mass is 19.1. The van der Waals surface area contributed by atoms with Crippen molar-refractivity contribution in [1.29, 1.82) is 0 Å². The lowest BCUT2D eigenvalue weighted by Gasteiger charge is -2.12. The largest absolute Gasteiger partial charge is 0.344 e. The van der Waals surface area contributed by atoms with Gasteiger partial charge in [-0.15, -0.1) is 0 Å². The van der Waals surface area contributed by atoms with Crippen LogP contribution in [0.4, 0.5) is 14.5 Å². The first-order valence-electron chi connectivity index (χ1n) is 6.00. The standard InChI is InChI=1S/C12H11F2N3O4/c1-16-3-2-9(12(16)19)15-11(18)6-4-8(14)10(17(20)21)5-7(6)13/h4-5,9H,2-3H2,1H3,(H,15,18). The van der Waals surface area contributed by atoms with Crippen LogP contribution in [0.15, 0.2) is 12.1 Å². The number of nitrogens with one attached hydrogen (secondary N) is 1. The number of amides is 2. The second-order valence-electron chi connectivity index (χ2n) is 4.62. The predicted octanol–water partition coefficient (Wildman–Crippen LogP) is 0.833. The van der Waals surface area contributed by atoms with E-state index in [0.717, 1.165) is 0 Å². The Kier molecular flexibility index (Phi) is 3.83. The summed E-state index contributed by atoms with van der Waals surface area (Å²) >= 11 is 0. The van der Waals surface area contributed by atoms with Crippen LogP contribution in [0.25, 0.3) is 0 Å². The van der Waals surface area contributed by atoms with Crippen LogP contribution >= 0.6 is 0 Å². The number of carbonyl (C=O) groups excluding carboxylic acids is 2. The Hall–Kier alpha value is -2.58. The molecule has 1 aromatic carbocycles. The zero-order chi connectivity index (χ0) is 15.7. The lowest BCUT2D eigenvalue weighted by molar-refractivity contribution is -0.387. The van der Waals surface area contributed by atoms with E-state index in [4.69, 9.17) is 0 Å². The number of nitrogens with zero attached hydrogens (tertiary/aromatic N) is 2. The molecular formula is C12H11F2N3O4. The van der Waals surface area contributed by atoms with E-state index >= 15 is 0 Å². The van der Waals surface area contributed by atoms with E-state index in [-0.39, 0.29) is 5.91 Å². The molecule has 7 nitrogen and oxygen atoms in total. The molecular weight excluding hydrogens is 288 g/mol. The molecule has 1 aliphatic heterocycles. The van der Waals surface area contributed by atoms with E-state index in [1.165, 1.54) is 4.90 Å². The Morgan fingerprint density at radius 1 is 1.43 bits per heavy atom. The van der Waals surface area contributed by atoms with Gasteiger partial charge in [0.05, 0.1) is 16.6 Å². The number of benzene rings is 1. The van der Waals surface area contributed by atoms with Gasteiger partial charge in [0, 0.05) is 13.6 Å². The van der Waals surface area contributed by atoms with Gasteiger partial charge in [-0.05, 0) is 12.5 Å². The van der Waals surface area contributed by atoms with Crippen LogP contribution in [-0.2, 0) is 4.79 Å². The fourth-order valence-electron chi connectivity index (χ4n) is 2.04. The number of nitro benzene ring substituents is 1. The molecule has 1 atom stereocenters. The number of hydrogen-bond acceptors (Lipinski definition) is 4. The van der Waals surface area contributed by atoms with Crippen molar-refractivity contribution in [2.24, 2.45) is 0 Å². The van der Waals surface area contributed by atoms with Crippen LogP contribution < -0.4 is 5.32 Å². The van der Waals surface area contributed by atoms with Crippen molar-refractivity contribution in [3.63, 3.8) is 0 Å². The third-order valence-corrected chi connectivity index (χ3v) is 3.21. The topological polar surface area (TPSA) is 92.6 Å². The van der Waals surface area contributed by atoms with Crippen molar-refractivity contribution < 1.29 is 23.3 Å². The van der Waals surface area contributed by atoms with E-state index in [2.05, 4.69) is 5.32 Å². The highest BCUT2D eigenvalue weighted by Crippen LogP contribution is 2.21. The molecule has 1 aliphatic rings. The second-order valence-corrected chi connectivity index (χ2v) is 4.62. The molecule has 2 rings (SSSR count). The molecule has 0 bridgehead atoms. The Bertz CT molecular complexity index is 635. The summed E-state index contributed by atoms with van der Waals surface area (Å²) in [6, 6.07) is -0.0150. The summed E-state index contributed by atoms with van der Waals surface area (Å²) in [5, 5.41) is 12.7. The highest BCUT2D eigenvalue weighted by Gasteiger charge is 2.31. The average molecular weight is 299 g/mol. The van der Waals surface area contributed by atoms with Crippen molar-refractivity contribution in [2.75, 3.05) is 13.6 Å². The SMILES string of the molecule is CN1CCC(NC(=O)c2cc(F)c([N+](=O)[O-])cc2F)C1=O. The lowest BCUT2D eigenvalue weighted by Crippen LogP contribution is -2.40. The number of halogens is 2. The van der Waals surface area contributed by atoms with Crippen molar-refractivity contribution in [3.8, 4) is 0 Å². The number of likely N-dealkylation sites (tertiary alicyclic amines) is 1. The third kappa shape index (κ3) is 2.81. The lowest BCUT2D eigenvalue weighted by atomic mass is 10.1. The molecule has 9 heteroatoms. The summed E-state index contributed by atoms with van der Waals surface area (Å²) in [5.74, 6) is -3.86. The highest BCUT2D eigenvalue weighted by molar-refractivity contribution is 5.98. The summed E-state index contributed by atoms with van der Waals surface area (Å²) in [6.45, 7) is 0.445. The van der Waals surface area contributed by atoms with E-state index in [1.54, 1.807) is 7.05 Å². The maximum Gasteiger partial charge on any atom is 0.307 e. The zero-order valence-corrected chi connectivity index (χ0v) is 10.9. The minimum atomic E-state index is -1.32. The van der Waals surface area contributed by atoms with Gasteiger partial charge in [-0.2, -0.15) is 4.39 Å². The molecule has 1 N–H and O–H groups in total. The Balaban J connectivity index is 2.22. The Morgan fingerprint density at radius 3 is 2.62 bits per heavy atom.